The number of sulfonamides is 1. The van der Waals surface area contributed by atoms with Gasteiger partial charge in [-0.25, -0.2) is 17.5 Å². The van der Waals surface area contributed by atoms with Crippen LogP contribution >= 0.6 is 23.2 Å². The molecular weight excluding hydrogens is 392 g/mol. The molecule has 1 aromatic carbocycles. The first-order valence-corrected chi connectivity index (χ1v) is 9.69. The van der Waals surface area contributed by atoms with Crippen LogP contribution in [0.5, 0.6) is 0 Å². The minimum absolute atomic E-state index is 0.0169. The summed E-state index contributed by atoms with van der Waals surface area (Å²) in [6, 6.07) is 2.10. The Labute approximate surface area is 153 Å². The fraction of sp³-hybridized carbons (Fsp3) is 0.267. The third-order valence-electron chi connectivity index (χ3n) is 3.96. The van der Waals surface area contributed by atoms with E-state index >= 15 is 0 Å². The molecule has 1 aliphatic rings. The van der Waals surface area contributed by atoms with Crippen LogP contribution < -0.4 is 10.3 Å². The summed E-state index contributed by atoms with van der Waals surface area (Å²) in [7, 11) is -3.84. The summed E-state index contributed by atoms with van der Waals surface area (Å²) in [4.78, 5) is 12.6. The third kappa shape index (κ3) is 3.21. The van der Waals surface area contributed by atoms with E-state index in [0.717, 1.165) is 25.0 Å². The molecule has 6 nitrogen and oxygen atoms in total. The molecule has 0 radical (unpaired) electrons. The standard InChI is InChI=1S/C15H14Cl2FN3O3S/c1-2-25(23,24)19-12-7-9(11(18)8-10(12)16)13-14(17)20-5-3-4-6-21(20)15(13)22/h2,7-8,19H,1,3-6H2. The van der Waals surface area contributed by atoms with Crippen molar-refractivity contribution >= 4 is 38.9 Å². The SMILES string of the molecule is C=CS(=O)(=O)Nc1cc(-c2c(Cl)n3n(c2=O)CCCC3)c(F)cc1Cl. The van der Waals surface area contributed by atoms with Crippen LogP contribution in [0.4, 0.5) is 10.1 Å². The first-order valence-electron chi connectivity index (χ1n) is 7.39. The zero-order chi connectivity index (χ0) is 18.4. The third-order valence-corrected chi connectivity index (χ3v) is 5.60. The number of nitrogens with zero attached hydrogens (tertiary/aromatic N) is 2. The highest BCUT2D eigenvalue weighted by atomic mass is 35.5. The van der Waals surface area contributed by atoms with Gasteiger partial charge in [0.2, 0.25) is 0 Å². The molecule has 3 rings (SSSR count). The maximum absolute atomic E-state index is 14.5. The van der Waals surface area contributed by atoms with Gasteiger partial charge in [-0.05, 0) is 25.0 Å². The first-order chi connectivity index (χ1) is 11.7. The number of fused-ring (bicyclic) bond motifs is 1. The maximum atomic E-state index is 14.5. The molecule has 1 aromatic heterocycles. The van der Waals surface area contributed by atoms with Crippen LogP contribution in [0.2, 0.25) is 10.2 Å². The molecule has 0 saturated heterocycles. The molecule has 25 heavy (non-hydrogen) atoms. The number of hydrogen-bond donors (Lipinski definition) is 1. The van der Waals surface area contributed by atoms with Gasteiger partial charge in [-0.3, -0.25) is 14.2 Å². The molecule has 134 valence electrons. The van der Waals surface area contributed by atoms with Crippen LogP contribution in [0.15, 0.2) is 28.9 Å². The van der Waals surface area contributed by atoms with E-state index in [4.69, 9.17) is 23.2 Å². The summed E-state index contributed by atoms with van der Waals surface area (Å²) in [5.41, 5.74) is -0.626. The Hall–Kier alpha value is -1.77. The molecule has 0 saturated carbocycles. The van der Waals surface area contributed by atoms with Crippen molar-refractivity contribution in [1.82, 2.24) is 9.36 Å². The van der Waals surface area contributed by atoms with Crippen molar-refractivity contribution in [2.45, 2.75) is 25.9 Å². The summed E-state index contributed by atoms with van der Waals surface area (Å²) in [6.45, 7) is 4.23. The smallest absolute Gasteiger partial charge is 0.276 e. The summed E-state index contributed by atoms with van der Waals surface area (Å²) in [6.07, 6.45) is 1.69. The second-order valence-corrected chi connectivity index (χ2v) is 7.94. The van der Waals surface area contributed by atoms with Crippen molar-refractivity contribution in [1.29, 1.82) is 0 Å². The number of halogens is 3. The Kier molecular flexibility index (Phi) is 4.70. The topological polar surface area (TPSA) is 73.1 Å². The van der Waals surface area contributed by atoms with Crippen molar-refractivity contribution in [3.8, 4) is 11.1 Å². The molecule has 0 aliphatic carbocycles. The van der Waals surface area contributed by atoms with Crippen molar-refractivity contribution in [2.75, 3.05) is 4.72 Å². The zero-order valence-electron chi connectivity index (χ0n) is 12.9. The molecule has 0 atom stereocenters. The Morgan fingerprint density at radius 2 is 1.84 bits per heavy atom. The predicted molar refractivity (Wildman–Crippen MR) is 96.1 cm³/mol. The largest absolute Gasteiger partial charge is 0.279 e. The van der Waals surface area contributed by atoms with E-state index in [9.17, 15) is 17.6 Å². The Morgan fingerprint density at radius 3 is 2.44 bits per heavy atom. The molecule has 10 heteroatoms. The van der Waals surface area contributed by atoms with Gasteiger partial charge in [0.15, 0.2) is 0 Å². The molecule has 0 spiro atoms. The van der Waals surface area contributed by atoms with E-state index < -0.39 is 21.4 Å². The van der Waals surface area contributed by atoms with Gasteiger partial charge in [-0.1, -0.05) is 29.8 Å². The highest BCUT2D eigenvalue weighted by Crippen LogP contribution is 2.35. The van der Waals surface area contributed by atoms with Crippen molar-refractivity contribution in [2.24, 2.45) is 0 Å². The van der Waals surface area contributed by atoms with Crippen LogP contribution in [0, 0.1) is 5.82 Å². The lowest BCUT2D eigenvalue weighted by atomic mass is 10.1. The van der Waals surface area contributed by atoms with E-state index in [1.165, 1.54) is 4.68 Å². The zero-order valence-corrected chi connectivity index (χ0v) is 15.3. The molecule has 0 bridgehead atoms. The molecule has 1 N–H and O–H groups in total. The number of nitrogens with one attached hydrogen (secondary N) is 1. The lowest BCUT2D eigenvalue weighted by Crippen LogP contribution is -2.27. The van der Waals surface area contributed by atoms with Gasteiger partial charge in [-0.2, -0.15) is 0 Å². The summed E-state index contributed by atoms with van der Waals surface area (Å²) < 4.78 is 43.0. The normalized spacial score (nSPS) is 14.2. The molecule has 0 fully saturated rings. The fourth-order valence-corrected chi connectivity index (χ4v) is 3.94. The molecule has 2 aromatic rings. The summed E-state index contributed by atoms with van der Waals surface area (Å²) >= 11 is 12.2. The van der Waals surface area contributed by atoms with E-state index in [2.05, 4.69) is 11.3 Å². The highest BCUT2D eigenvalue weighted by molar-refractivity contribution is 7.95. The average Bonchev–Trinajstić information content (AvgIpc) is 2.82. The van der Waals surface area contributed by atoms with Gasteiger partial charge >= 0.3 is 0 Å². The van der Waals surface area contributed by atoms with Crippen molar-refractivity contribution < 1.29 is 12.8 Å². The van der Waals surface area contributed by atoms with Crippen LogP contribution in [-0.2, 0) is 23.1 Å². The molecule has 0 amide bonds. The van der Waals surface area contributed by atoms with Gasteiger partial charge in [0.25, 0.3) is 15.6 Å². The number of hydrogen-bond acceptors (Lipinski definition) is 3. The van der Waals surface area contributed by atoms with Crippen LogP contribution in [0.3, 0.4) is 0 Å². The lowest BCUT2D eigenvalue weighted by Gasteiger charge is -2.17. The van der Waals surface area contributed by atoms with Gasteiger partial charge in [0, 0.05) is 24.1 Å². The van der Waals surface area contributed by atoms with Crippen LogP contribution in [0.1, 0.15) is 12.8 Å². The monoisotopic (exact) mass is 405 g/mol. The van der Waals surface area contributed by atoms with Crippen molar-refractivity contribution in [3.05, 3.63) is 50.5 Å². The molecule has 1 aliphatic heterocycles. The fourth-order valence-electron chi connectivity index (χ4n) is 2.77. The van der Waals surface area contributed by atoms with Gasteiger partial charge in [-0.15, -0.1) is 0 Å². The number of benzene rings is 1. The van der Waals surface area contributed by atoms with E-state index in [-0.39, 0.29) is 27.0 Å². The van der Waals surface area contributed by atoms with E-state index in [1.54, 1.807) is 4.68 Å². The quantitative estimate of drug-likeness (QED) is 0.846. The van der Waals surface area contributed by atoms with Crippen LogP contribution in [0.25, 0.3) is 11.1 Å². The summed E-state index contributed by atoms with van der Waals surface area (Å²) in [5, 5.41) is 0.668. The predicted octanol–water partition coefficient (Wildman–Crippen LogP) is 3.44. The van der Waals surface area contributed by atoms with E-state index in [0.29, 0.717) is 18.5 Å². The van der Waals surface area contributed by atoms with Gasteiger partial charge in [0.1, 0.15) is 11.0 Å². The lowest BCUT2D eigenvalue weighted by molar-refractivity contribution is 0.356. The van der Waals surface area contributed by atoms with Gasteiger partial charge in [0.05, 0.1) is 16.3 Å². The van der Waals surface area contributed by atoms with Gasteiger partial charge < -0.3 is 0 Å². The maximum Gasteiger partial charge on any atom is 0.276 e. The second kappa shape index (κ2) is 6.51. The molecular formula is C15H14Cl2FN3O3S. The summed E-state index contributed by atoms with van der Waals surface area (Å²) in [5.74, 6) is -0.769. The highest BCUT2D eigenvalue weighted by Gasteiger charge is 2.25. The van der Waals surface area contributed by atoms with Crippen LogP contribution in [-0.4, -0.2) is 17.8 Å². The second-order valence-electron chi connectivity index (χ2n) is 5.55. The number of rotatable bonds is 4. The number of aromatic nitrogens is 2. The van der Waals surface area contributed by atoms with E-state index in [1.807, 2.05) is 0 Å². The minimum atomic E-state index is -3.84. The molecule has 2 heterocycles. The number of anilines is 1. The minimum Gasteiger partial charge on any atom is -0.279 e. The Morgan fingerprint density at radius 1 is 1.20 bits per heavy atom. The Bertz CT molecular complexity index is 1030. The average molecular weight is 406 g/mol. The first kappa shape index (κ1) is 18.0. The molecule has 0 unspecified atom stereocenters. The Balaban J connectivity index is 2.20. The van der Waals surface area contributed by atoms with Crippen molar-refractivity contribution in [3.63, 3.8) is 0 Å².